The number of pyridine rings is 1. The molecule has 4 heteroatoms. The van der Waals surface area contributed by atoms with Crippen molar-refractivity contribution in [2.45, 2.75) is 20.4 Å². The van der Waals surface area contributed by atoms with Gasteiger partial charge < -0.3 is 9.30 Å². The van der Waals surface area contributed by atoms with E-state index in [0.717, 1.165) is 0 Å². The number of hydrogen-bond donors (Lipinski definition) is 0. The lowest BCUT2D eigenvalue weighted by Gasteiger charge is -2.11. The fraction of sp³-hybridized carbons (Fsp3) is 0.250. The normalized spacial score (nSPS) is 10.3. The zero-order chi connectivity index (χ0) is 14.5. The molecule has 104 valence electrons. The summed E-state index contributed by atoms with van der Waals surface area (Å²) >= 11 is 0. The van der Waals surface area contributed by atoms with Crippen LogP contribution in [0.1, 0.15) is 22.8 Å². The maximum absolute atomic E-state index is 11.8. The Morgan fingerprint density at radius 3 is 2.70 bits per heavy atom. The third-order valence-electron chi connectivity index (χ3n) is 3.07. The van der Waals surface area contributed by atoms with Crippen LogP contribution in [0.5, 0.6) is 5.75 Å². The number of carbonyl (C=O) groups excluding carboxylic acids is 1. The Balaban J connectivity index is 2.05. The molecule has 0 saturated carbocycles. The highest BCUT2D eigenvalue weighted by Gasteiger charge is 2.07. The third-order valence-corrected chi connectivity index (χ3v) is 3.07. The smallest absolute Gasteiger partial charge is 0.253 e. The van der Waals surface area contributed by atoms with Crippen molar-refractivity contribution in [3.05, 3.63) is 64.1 Å². The molecule has 20 heavy (non-hydrogen) atoms. The van der Waals surface area contributed by atoms with E-state index < -0.39 is 0 Å². The SMILES string of the molecule is CC(=O)c1ccccc1OCCn1cccc(C)c1=O. The monoisotopic (exact) mass is 271 g/mol. The summed E-state index contributed by atoms with van der Waals surface area (Å²) in [5, 5.41) is 0. The Hall–Kier alpha value is -2.36. The van der Waals surface area contributed by atoms with E-state index in [2.05, 4.69) is 0 Å². The van der Waals surface area contributed by atoms with Gasteiger partial charge in [-0.25, -0.2) is 0 Å². The largest absolute Gasteiger partial charge is 0.491 e. The van der Waals surface area contributed by atoms with Crippen LogP contribution in [0.25, 0.3) is 0 Å². The maximum atomic E-state index is 11.8. The molecule has 2 aromatic rings. The highest BCUT2D eigenvalue weighted by atomic mass is 16.5. The molecule has 1 aromatic heterocycles. The summed E-state index contributed by atoms with van der Waals surface area (Å²) in [4.78, 5) is 23.3. The average Bonchev–Trinajstić information content (AvgIpc) is 2.44. The third kappa shape index (κ3) is 3.15. The minimum absolute atomic E-state index is 0.0176. The van der Waals surface area contributed by atoms with E-state index in [9.17, 15) is 9.59 Å². The molecule has 0 spiro atoms. The van der Waals surface area contributed by atoms with Crippen LogP contribution in [0.4, 0.5) is 0 Å². The first-order chi connectivity index (χ1) is 9.59. The lowest BCUT2D eigenvalue weighted by molar-refractivity contribution is 0.101. The zero-order valence-corrected chi connectivity index (χ0v) is 11.6. The number of hydrogen-bond acceptors (Lipinski definition) is 3. The molecule has 4 nitrogen and oxygen atoms in total. The number of ketones is 1. The van der Waals surface area contributed by atoms with Crippen LogP contribution in [-0.4, -0.2) is 17.0 Å². The molecule has 1 aromatic carbocycles. The minimum Gasteiger partial charge on any atom is -0.491 e. The van der Waals surface area contributed by atoms with Crippen molar-refractivity contribution in [2.75, 3.05) is 6.61 Å². The van der Waals surface area contributed by atoms with Crippen LogP contribution >= 0.6 is 0 Å². The fourth-order valence-electron chi connectivity index (χ4n) is 1.97. The molecule has 2 rings (SSSR count). The number of Topliss-reactive ketones (excluding diaryl/α,β-unsaturated/α-hetero) is 1. The van der Waals surface area contributed by atoms with Gasteiger partial charge in [0.2, 0.25) is 0 Å². The Morgan fingerprint density at radius 2 is 1.95 bits per heavy atom. The van der Waals surface area contributed by atoms with E-state index >= 15 is 0 Å². The zero-order valence-electron chi connectivity index (χ0n) is 11.6. The van der Waals surface area contributed by atoms with Crippen LogP contribution < -0.4 is 10.3 Å². The molecule has 1 heterocycles. The molecular formula is C16H17NO3. The molecule has 0 amide bonds. The van der Waals surface area contributed by atoms with E-state index in [4.69, 9.17) is 4.74 Å². The van der Waals surface area contributed by atoms with Gasteiger partial charge in [0.05, 0.1) is 12.1 Å². The van der Waals surface area contributed by atoms with E-state index in [1.165, 1.54) is 6.92 Å². The first kappa shape index (κ1) is 14.1. The van der Waals surface area contributed by atoms with Crippen LogP contribution in [0.3, 0.4) is 0 Å². The van der Waals surface area contributed by atoms with Gasteiger partial charge in [0.25, 0.3) is 5.56 Å². The number of nitrogens with zero attached hydrogens (tertiary/aromatic N) is 1. The molecule has 0 N–H and O–H groups in total. The van der Waals surface area contributed by atoms with Gasteiger partial charge in [0.1, 0.15) is 12.4 Å². The summed E-state index contributed by atoms with van der Waals surface area (Å²) in [6.07, 6.45) is 1.73. The number of aromatic nitrogens is 1. The van der Waals surface area contributed by atoms with Gasteiger partial charge in [0.15, 0.2) is 5.78 Å². The minimum atomic E-state index is -0.0340. The second kappa shape index (κ2) is 6.19. The highest BCUT2D eigenvalue weighted by molar-refractivity contribution is 5.96. The van der Waals surface area contributed by atoms with Crippen molar-refractivity contribution in [1.29, 1.82) is 0 Å². The summed E-state index contributed by atoms with van der Waals surface area (Å²) < 4.78 is 7.22. The first-order valence-electron chi connectivity index (χ1n) is 6.48. The van der Waals surface area contributed by atoms with Gasteiger partial charge in [-0.15, -0.1) is 0 Å². The number of benzene rings is 1. The maximum Gasteiger partial charge on any atom is 0.253 e. The first-order valence-corrected chi connectivity index (χ1v) is 6.48. The lowest BCUT2D eigenvalue weighted by atomic mass is 10.1. The highest BCUT2D eigenvalue weighted by Crippen LogP contribution is 2.18. The van der Waals surface area contributed by atoms with Crippen molar-refractivity contribution in [2.24, 2.45) is 0 Å². The van der Waals surface area contributed by atoms with Crippen LogP contribution in [-0.2, 0) is 6.54 Å². The van der Waals surface area contributed by atoms with E-state index in [-0.39, 0.29) is 11.3 Å². The summed E-state index contributed by atoms with van der Waals surface area (Å²) in [6, 6.07) is 10.7. The molecule has 0 unspecified atom stereocenters. The average molecular weight is 271 g/mol. The Kier molecular flexibility index (Phi) is 4.35. The molecule has 0 atom stereocenters. The number of aryl methyl sites for hydroxylation is 1. The van der Waals surface area contributed by atoms with Crippen molar-refractivity contribution >= 4 is 5.78 Å². The van der Waals surface area contributed by atoms with Crippen molar-refractivity contribution in [3.8, 4) is 5.75 Å². The van der Waals surface area contributed by atoms with Gasteiger partial charge in [-0.1, -0.05) is 18.2 Å². The van der Waals surface area contributed by atoms with Gasteiger partial charge in [0, 0.05) is 11.8 Å². The molecule has 0 aliphatic rings. The van der Waals surface area contributed by atoms with Gasteiger partial charge in [-0.05, 0) is 32.0 Å². The lowest BCUT2D eigenvalue weighted by Crippen LogP contribution is -2.24. The van der Waals surface area contributed by atoms with Gasteiger partial charge in [-0.2, -0.15) is 0 Å². The summed E-state index contributed by atoms with van der Waals surface area (Å²) in [6.45, 7) is 4.08. The molecule has 0 fully saturated rings. The number of para-hydroxylation sites is 1. The fourth-order valence-corrected chi connectivity index (χ4v) is 1.97. The molecule has 0 saturated heterocycles. The number of ether oxygens (including phenoxy) is 1. The topological polar surface area (TPSA) is 48.3 Å². The van der Waals surface area contributed by atoms with Gasteiger partial charge in [-0.3, -0.25) is 9.59 Å². The molecular weight excluding hydrogens is 254 g/mol. The van der Waals surface area contributed by atoms with Crippen molar-refractivity contribution in [3.63, 3.8) is 0 Å². The summed E-state index contributed by atoms with van der Waals surface area (Å²) in [5.41, 5.74) is 1.25. The summed E-state index contributed by atoms with van der Waals surface area (Å²) in [5.74, 6) is 0.522. The molecule has 0 radical (unpaired) electrons. The standard InChI is InChI=1S/C16H17NO3/c1-12-6-5-9-17(16(12)19)10-11-20-15-8-4-3-7-14(15)13(2)18/h3-9H,10-11H2,1-2H3. The van der Waals surface area contributed by atoms with E-state index in [1.807, 2.05) is 12.1 Å². The van der Waals surface area contributed by atoms with Crippen LogP contribution in [0, 0.1) is 6.92 Å². The van der Waals surface area contributed by atoms with Crippen molar-refractivity contribution in [1.82, 2.24) is 4.57 Å². The quantitative estimate of drug-likeness (QED) is 0.785. The van der Waals surface area contributed by atoms with Crippen molar-refractivity contribution < 1.29 is 9.53 Å². The van der Waals surface area contributed by atoms with E-state index in [1.54, 1.807) is 42.0 Å². The number of rotatable bonds is 5. The Bertz CT molecular complexity index is 673. The Labute approximate surface area is 117 Å². The van der Waals surface area contributed by atoms with Crippen LogP contribution in [0.15, 0.2) is 47.4 Å². The predicted molar refractivity (Wildman–Crippen MR) is 77.4 cm³/mol. The number of carbonyl (C=O) groups is 1. The van der Waals surface area contributed by atoms with Gasteiger partial charge >= 0.3 is 0 Å². The second-order valence-corrected chi connectivity index (χ2v) is 4.59. The molecule has 0 aliphatic carbocycles. The summed E-state index contributed by atoms with van der Waals surface area (Å²) in [7, 11) is 0. The molecule has 0 aliphatic heterocycles. The second-order valence-electron chi connectivity index (χ2n) is 4.59. The predicted octanol–water partition coefficient (Wildman–Crippen LogP) is 2.44. The molecule has 0 bridgehead atoms. The van der Waals surface area contributed by atoms with E-state index in [0.29, 0.717) is 30.0 Å². The Morgan fingerprint density at radius 1 is 1.20 bits per heavy atom. The van der Waals surface area contributed by atoms with Crippen LogP contribution in [0.2, 0.25) is 0 Å².